The quantitative estimate of drug-likeness (QED) is 0.801. The first kappa shape index (κ1) is 15.3. The summed E-state index contributed by atoms with van der Waals surface area (Å²) in [6.07, 6.45) is 0. The highest BCUT2D eigenvalue weighted by Gasteiger charge is 2.22. The van der Waals surface area contributed by atoms with Gasteiger partial charge in [-0.3, -0.25) is 4.79 Å². The molecule has 20 heavy (non-hydrogen) atoms. The van der Waals surface area contributed by atoms with Gasteiger partial charge in [-0.05, 0) is 58.1 Å². The predicted molar refractivity (Wildman–Crippen MR) is 87.4 cm³/mol. The van der Waals surface area contributed by atoms with Crippen LogP contribution in [0.25, 0.3) is 11.0 Å². The second-order valence-corrected chi connectivity index (χ2v) is 7.18. The van der Waals surface area contributed by atoms with Crippen LogP contribution in [0.1, 0.15) is 33.7 Å². The van der Waals surface area contributed by atoms with Crippen LogP contribution in [0.2, 0.25) is 0 Å². The molecular formula is C14H18BrN3OS. The first-order valence-electron chi connectivity index (χ1n) is 6.41. The smallest absolute Gasteiger partial charge is 0.243 e. The first-order valence-corrected chi connectivity index (χ1v) is 7.61. The van der Waals surface area contributed by atoms with Crippen molar-refractivity contribution in [1.82, 2.24) is 14.9 Å². The van der Waals surface area contributed by atoms with E-state index < -0.39 is 0 Å². The molecule has 1 aromatic heterocycles. The lowest BCUT2D eigenvalue weighted by Gasteiger charge is -2.24. The molecule has 0 fully saturated rings. The Morgan fingerprint density at radius 2 is 2.10 bits per heavy atom. The number of carbonyl (C=O) groups is 1. The number of imidazole rings is 1. The number of fused-ring (bicyclic) bond motifs is 1. The molecule has 0 aliphatic rings. The van der Waals surface area contributed by atoms with E-state index in [1.54, 1.807) is 0 Å². The molecule has 0 spiro atoms. The number of H-pyrrole nitrogens is 1. The van der Waals surface area contributed by atoms with E-state index in [0.29, 0.717) is 4.77 Å². The molecule has 2 rings (SSSR count). The van der Waals surface area contributed by atoms with Crippen molar-refractivity contribution in [2.75, 3.05) is 0 Å². The number of halogens is 1. The standard InChI is InChI=1S/C14H18BrN3OS/c1-8(12(19)17-14(2,3)4)18-11-7-9(15)5-6-10(11)16-13(18)20/h5-8H,1-4H3,(H,16,20)(H,17,19). The lowest BCUT2D eigenvalue weighted by atomic mass is 10.1. The Hall–Kier alpha value is -1.14. The molecule has 108 valence electrons. The van der Waals surface area contributed by atoms with Crippen molar-refractivity contribution < 1.29 is 4.79 Å². The fraction of sp³-hybridized carbons (Fsp3) is 0.429. The Balaban J connectivity index is 2.47. The number of carbonyl (C=O) groups excluding carboxylic acids is 1. The lowest BCUT2D eigenvalue weighted by Crippen LogP contribution is -2.43. The largest absolute Gasteiger partial charge is 0.350 e. The summed E-state index contributed by atoms with van der Waals surface area (Å²) in [5.41, 5.74) is 1.58. The molecule has 0 bridgehead atoms. The molecule has 1 amide bonds. The van der Waals surface area contributed by atoms with Gasteiger partial charge in [-0.1, -0.05) is 15.9 Å². The van der Waals surface area contributed by atoms with Crippen molar-refractivity contribution in [3.63, 3.8) is 0 Å². The molecule has 1 aromatic carbocycles. The van der Waals surface area contributed by atoms with Crippen molar-refractivity contribution in [3.8, 4) is 0 Å². The van der Waals surface area contributed by atoms with E-state index in [1.165, 1.54) is 0 Å². The monoisotopic (exact) mass is 355 g/mol. The van der Waals surface area contributed by atoms with E-state index in [2.05, 4.69) is 26.2 Å². The number of aromatic nitrogens is 2. The average molecular weight is 356 g/mol. The molecule has 1 heterocycles. The van der Waals surface area contributed by atoms with Crippen LogP contribution in [0.5, 0.6) is 0 Å². The van der Waals surface area contributed by atoms with Crippen LogP contribution in [0.4, 0.5) is 0 Å². The summed E-state index contributed by atoms with van der Waals surface area (Å²) in [6.45, 7) is 7.74. The highest BCUT2D eigenvalue weighted by Crippen LogP contribution is 2.23. The molecule has 1 unspecified atom stereocenters. The number of hydrogen-bond acceptors (Lipinski definition) is 2. The third-order valence-corrected chi connectivity index (χ3v) is 3.74. The topological polar surface area (TPSA) is 49.8 Å². The van der Waals surface area contributed by atoms with Gasteiger partial charge in [0.25, 0.3) is 0 Å². The van der Waals surface area contributed by atoms with E-state index in [-0.39, 0.29) is 17.5 Å². The van der Waals surface area contributed by atoms with Gasteiger partial charge in [-0.2, -0.15) is 0 Å². The highest BCUT2D eigenvalue weighted by molar-refractivity contribution is 9.10. The van der Waals surface area contributed by atoms with Crippen molar-refractivity contribution in [3.05, 3.63) is 27.4 Å². The highest BCUT2D eigenvalue weighted by atomic mass is 79.9. The summed E-state index contributed by atoms with van der Waals surface area (Å²) >= 11 is 8.79. The van der Waals surface area contributed by atoms with Crippen molar-refractivity contribution in [2.24, 2.45) is 0 Å². The molecule has 0 saturated carbocycles. The van der Waals surface area contributed by atoms with Gasteiger partial charge in [0.2, 0.25) is 5.91 Å². The Kier molecular flexibility index (Phi) is 4.07. The summed E-state index contributed by atoms with van der Waals surface area (Å²) < 4.78 is 3.35. The summed E-state index contributed by atoms with van der Waals surface area (Å²) in [4.78, 5) is 15.5. The summed E-state index contributed by atoms with van der Waals surface area (Å²) in [5.74, 6) is -0.0468. The van der Waals surface area contributed by atoms with E-state index in [1.807, 2.05) is 50.5 Å². The SMILES string of the molecule is CC(C(=O)NC(C)(C)C)n1c(=S)[nH]c2ccc(Br)cc21. The van der Waals surface area contributed by atoms with Crippen LogP contribution in [0, 0.1) is 4.77 Å². The molecule has 6 heteroatoms. The minimum Gasteiger partial charge on any atom is -0.350 e. The number of aromatic amines is 1. The zero-order valence-electron chi connectivity index (χ0n) is 12.0. The minimum atomic E-state index is -0.371. The number of benzene rings is 1. The van der Waals surface area contributed by atoms with Gasteiger partial charge >= 0.3 is 0 Å². The maximum atomic E-state index is 12.3. The zero-order valence-corrected chi connectivity index (χ0v) is 14.4. The number of nitrogens with one attached hydrogen (secondary N) is 2. The molecule has 0 saturated heterocycles. The Labute approximate surface area is 131 Å². The van der Waals surface area contributed by atoms with Crippen LogP contribution in [-0.4, -0.2) is 21.0 Å². The molecule has 0 aliphatic carbocycles. The van der Waals surface area contributed by atoms with Crippen LogP contribution >= 0.6 is 28.1 Å². The van der Waals surface area contributed by atoms with Gasteiger partial charge in [0.15, 0.2) is 4.77 Å². The number of rotatable bonds is 2. The maximum Gasteiger partial charge on any atom is 0.243 e. The summed E-state index contributed by atoms with van der Waals surface area (Å²) in [7, 11) is 0. The van der Waals surface area contributed by atoms with Gasteiger partial charge in [0.1, 0.15) is 6.04 Å². The van der Waals surface area contributed by atoms with Crippen LogP contribution < -0.4 is 5.32 Å². The number of amides is 1. The van der Waals surface area contributed by atoms with Crippen molar-refractivity contribution in [1.29, 1.82) is 0 Å². The molecule has 1 atom stereocenters. The third-order valence-electron chi connectivity index (χ3n) is 2.94. The fourth-order valence-electron chi connectivity index (χ4n) is 2.07. The van der Waals surface area contributed by atoms with Gasteiger partial charge in [0, 0.05) is 10.0 Å². The second-order valence-electron chi connectivity index (χ2n) is 5.88. The number of nitrogens with zero attached hydrogens (tertiary/aromatic N) is 1. The summed E-state index contributed by atoms with van der Waals surface area (Å²) in [5, 5.41) is 2.98. The van der Waals surface area contributed by atoms with Crippen LogP contribution in [0.3, 0.4) is 0 Å². The average Bonchev–Trinajstić information content (AvgIpc) is 2.61. The molecule has 2 aromatic rings. The lowest BCUT2D eigenvalue weighted by molar-refractivity contribution is -0.125. The molecular weight excluding hydrogens is 338 g/mol. The molecule has 0 radical (unpaired) electrons. The first-order chi connectivity index (χ1) is 9.19. The number of hydrogen-bond donors (Lipinski definition) is 2. The maximum absolute atomic E-state index is 12.3. The molecule has 4 nitrogen and oxygen atoms in total. The second kappa shape index (κ2) is 5.33. The van der Waals surface area contributed by atoms with E-state index in [4.69, 9.17) is 12.2 Å². The normalized spacial score (nSPS) is 13.4. The predicted octanol–water partition coefficient (Wildman–Crippen LogP) is 3.94. The Morgan fingerprint density at radius 3 is 2.70 bits per heavy atom. The van der Waals surface area contributed by atoms with E-state index >= 15 is 0 Å². The van der Waals surface area contributed by atoms with Gasteiger partial charge < -0.3 is 14.9 Å². The van der Waals surface area contributed by atoms with Gasteiger partial charge in [-0.25, -0.2) is 0 Å². The van der Waals surface area contributed by atoms with Gasteiger partial charge in [0.05, 0.1) is 11.0 Å². The zero-order chi connectivity index (χ0) is 15.1. The Morgan fingerprint density at radius 1 is 1.45 bits per heavy atom. The minimum absolute atomic E-state index is 0.0468. The van der Waals surface area contributed by atoms with Crippen LogP contribution in [-0.2, 0) is 4.79 Å². The van der Waals surface area contributed by atoms with Crippen molar-refractivity contribution in [2.45, 2.75) is 39.3 Å². The van der Waals surface area contributed by atoms with E-state index in [0.717, 1.165) is 15.5 Å². The van der Waals surface area contributed by atoms with Crippen molar-refractivity contribution >= 4 is 45.1 Å². The molecule has 0 aliphatic heterocycles. The van der Waals surface area contributed by atoms with Gasteiger partial charge in [-0.15, -0.1) is 0 Å². The fourth-order valence-corrected chi connectivity index (χ4v) is 2.79. The summed E-state index contributed by atoms with van der Waals surface area (Å²) in [6, 6.07) is 5.48. The van der Waals surface area contributed by atoms with Crippen LogP contribution in [0.15, 0.2) is 22.7 Å². The Bertz CT molecular complexity index is 711. The third kappa shape index (κ3) is 3.12. The molecule has 2 N–H and O–H groups in total. The van der Waals surface area contributed by atoms with E-state index in [9.17, 15) is 4.79 Å².